The molecule has 1 aromatic rings. The van der Waals surface area contributed by atoms with Crippen LogP contribution in [0.15, 0.2) is 0 Å². The van der Waals surface area contributed by atoms with Gasteiger partial charge in [0.05, 0.1) is 12.0 Å². The number of nitrogens with zero attached hydrogens (tertiary/aromatic N) is 3. The van der Waals surface area contributed by atoms with Crippen molar-refractivity contribution in [2.45, 2.75) is 18.9 Å². The number of hydrogen-bond acceptors (Lipinski definition) is 6. The van der Waals surface area contributed by atoms with Crippen LogP contribution < -0.4 is 11.1 Å². The van der Waals surface area contributed by atoms with Crippen molar-refractivity contribution in [3.8, 4) is 0 Å². The van der Waals surface area contributed by atoms with Gasteiger partial charge in [0.2, 0.25) is 11.9 Å². The number of aliphatic hydroxyl groups is 1. The summed E-state index contributed by atoms with van der Waals surface area (Å²) in [5.41, 5.74) is 5.42. The number of aromatic nitrogens is 3. The molecule has 0 aliphatic carbocycles. The maximum absolute atomic E-state index is 9.02. The van der Waals surface area contributed by atoms with Gasteiger partial charge in [-0.1, -0.05) is 0 Å². The lowest BCUT2D eigenvalue weighted by molar-refractivity contribution is 0.208. The molecule has 1 heterocycles. The molecule has 0 fully saturated rings. The van der Waals surface area contributed by atoms with Crippen LogP contribution in [0.25, 0.3) is 0 Å². The average Bonchev–Trinajstić information content (AvgIpc) is 2.14. The molecule has 1 unspecified atom stereocenters. The van der Waals surface area contributed by atoms with Gasteiger partial charge in [-0.2, -0.15) is 15.0 Å². The van der Waals surface area contributed by atoms with E-state index < -0.39 is 6.10 Å². The number of anilines is 2. The quantitative estimate of drug-likeness (QED) is 0.614. The molecule has 0 aliphatic heterocycles. The van der Waals surface area contributed by atoms with Crippen molar-refractivity contribution in [3.05, 3.63) is 5.82 Å². The van der Waals surface area contributed by atoms with E-state index in [9.17, 15) is 0 Å². The van der Waals surface area contributed by atoms with Crippen LogP contribution in [0.3, 0.4) is 0 Å². The first-order valence-electron chi connectivity index (χ1n) is 4.10. The Morgan fingerprint density at radius 1 is 1.50 bits per heavy atom. The Labute approximate surface area is 86.5 Å². The molecule has 1 atom stereocenters. The summed E-state index contributed by atoms with van der Waals surface area (Å²) in [5, 5.41) is 11.8. The molecule has 78 valence electrons. The van der Waals surface area contributed by atoms with E-state index in [1.807, 2.05) is 0 Å². The van der Waals surface area contributed by atoms with E-state index in [2.05, 4.69) is 20.3 Å². The monoisotopic (exact) mass is 217 g/mol. The van der Waals surface area contributed by atoms with Crippen molar-refractivity contribution in [2.24, 2.45) is 0 Å². The highest BCUT2D eigenvalue weighted by molar-refractivity contribution is 6.16. The van der Waals surface area contributed by atoms with Crippen molar-refractivity contribution >= 4 is 23.5 Å². The Hall–Kier alpha value is -1.14. The van der Waals surface area contributed by atoms with E-state index in [1.54, 1.807) is 6.92 Å². The molecular weight excluding hydrogens is 206 g/mol. The predicted octanol–water partition coefficient (Wildman–Crippen LogP) is -0.0147. The predicted molar refractivity (Wildman–Crippen MR) is 54.0 cm³/mol. The van der Waals surface area contributed by atoms with E-state index in [0.717, 1.165) is 0 Å². The highest BCUT2D eigenvalue weighted by Crippen LogP contribution is 2.04. The van der Waals surface area contributed by atoms with Crippen LogP contribution in [0.4, 0.5) is 11.9 Å². The van der Waals surface area contributed by atoms with Crippen LogP contribution in [-0.4, -0.2) is 32.7 Å². The summed E-state index contributed by atoms with van der Waals surface area (Å²) in [5.74, 6) is 1.03. The number of alkyl halides is 1. The van der Waals surface area contributed by atoms with E-state index in [1.165, 1.54) is 0 Å². The maximum atomic E-state index is 9.02. The highest BCUT2D eigenvalue weighted by atomic mass is 35.5. The molecule has 14 heavy (non-hydrogen) atoms. The highest BCUT2D eigenvalue weighted by Gasteiger charge is 2.03. The van der Waals surface area contributed by atoms with Gasteiger partial charge in [-0.05, 0) is 6.92 Å². The molecule has 0 amide bonds. The van der Waals surface area contributed by atoms with Crippen molar-refractivity contribution in [1.29, 1.82) is 0 Å². The molecule has 0 aliphatic rings. The van der Waals surface area contributed by atoms with Crippen LogP contribution in [0.2, 0.25) is 0 Å². The van der Waals surface area contributed by atoms with Crippen LogP contribution in [0, 0.1) is 0 Å². The molecule has 0 saturated heterocycles. The lowest BCUT2D eigenvalue weighted by Gasteiger charge is -2.07. The fourth-order valence-electron chi connectivity index (χ4n) is 0.816. The van der Waals surface area contributed by atoms with Crippen molar-refractivity contribution in [2.75, 3.05) is 17.6 Å². The van der Waals surface area contributed by atoms with Crippen LogP contribution >= 0.6 is 11.6 Å². The molecule has 7 heteroatoms. The molecule has 0 saturated carbocycles. The van der Waals surface area contributed by atoms with Crippen molar-refractivity contribution in [3.63, 3.8) is 0 Å². The Bertz CT molecular complexity index is 306. The standard InChI is InChI=1S/C7H12ClN5O/c1-4(14)3-10-7-12-5(2-8)11-6(9)13-7/h4,14H,2-3H2,1H3,(H3,9,10,11,12,13). The normalized spacial score (nSPS) is 12.5. The topological polar surface area (TPSA) is 97.0 Å². The van der Waals surface area contributed by atoms with Gasteiger partial charge < -0.3 is 16.2 Å². The summed E-state index contributed by atoms with van der Waals surface area (Å²) in [6, 6.07) is 0. The van der Waals surface area contributed by atoms with Gasteiger partial charge in [-0.3, -0.25) is 0 Å². The third-order valence-electron chi connectivity index (χ3n) is 1.37. The largest absolute Gasteiger partial charge is 0.392 e. The summed E-state index contributed by atoms with van der Waals surface area (Å²) in [4.78, 5) is 11.6. The Morgan fingerprint density at radius 3 is 2.79 bits per heavy atom. The van der Waals surface area contributed by atoms with Crippen LogP contribution in [0.5, 0.6) is 0 Å². The molecule has 4 N–H and O–H groups in total. The first kappa shape index (κ1) is 10.9. The zero-order chi connectivity index (χ0) is 10.6. The number of nitrogen functional groups attached to an aromatic ring is 1. The lowest BCUT2D eigenvalue weighted by Crippen LogP contribution is -2.18. The Kier molecular flexibility index (Phi) is 3.84. The molecule has 0 bridgehead atoms. The molecular formula is C7H12ClN5O. The number of hydrogen-bond donors (Lipinski definition) is 3. The number of rotatable bonds is 4. The van der Waals surface area contributed by atoms with Gasteiger partial charge >= 0.3 is 0 Å². The summed E-state index contributed by atoms with van der Waals surface area (Å²) in [6.45, 7) is 2.01. The second-order valence-electron chi connectivity index (χ2n) is 2.80. The number of nitrogens with two attached hydrogens (primary N) is 1. The Balaban J connectivity index is 2.71. The number of nitrogens with one attached hydrogen (secondary N) is 1. The third kappa shape index (κ3) is 3.31. The van der Waals surface area contributed by atoms with Crippen molar-refractivity contribution < 1.29 is 5.11 Å². The fourth-order valence-corrected chi connectivity index (χ4v) is 0.935. The summed E-state index contributed by atoms with van der Waals surface area (Å²) >= 11 is 5.55. The lowest BCUT2D eigenvalue weighted by atomic mass is 10.4. The third-order valence-corrected chi connectivity index (χ3v) is 1.61. The zero-order valence-electron chi connectivity index (χ0n) is 7.74. The van der Waals surface area contributed by atoms with Crippen LogP contribution in [-0.2, 0) is 5.88 Å². The Morgan fingerprint density at radius 2 is 2.21 bits per heavy atom. The van der Waals surface area contributed by atoms with Gasteiger partial charge in [-0.15, -0.1) is 11.6 Å². The number of aliphatic hydroxyl groups excluding tert-OH is 1. The second kappa shape index (κ2) is 4.92. The second-order valence-corrected chi connectivity index (χ2v) is 3.06. The molecule has 1 rings (SSSR count). The fraction of sp³-hybridized carbons (Fsp3) is 0.571. The smallest absolute Gasteiger partial charge is 0.227 e. The van der Waals surface area contributed by atoms with Crippen LogP contribution in [0.1, 0.15) is 12.7 Å². The molecule has 1 aromatic heterocycles. The molecule has 0 radical (unpaired) electrons. The summed E-state index contributed by atoms with van der Waals surface area (Å²) < 4.78 is 0. The van der Waals surface area contributed by atoms with E-state index >= 15 is 0 Å². The van der Waals surface area contributed by atoms with Gasteiger partial charge in [0.15, 0.2) is 5.82 Å². The molecule has 0 aromatic carbocycles. The van der Waals surface area contributed by atoms with E-state index in [-0.39, 0.29) is 11.8 Å². The van der Waals surface area contributed by atoms with Gasteiger partial charge in [0, 0.05) is 6.54 Å². The van der Waals surface area contributed by atoms with E-state index in [0.29, 0.717) is 18.3 Å². The van der Waals surface area contributed by atoms with E-state index in [4.69, 9.17) is 22.4 Å². The summed E-state index contributed by atoms with van der Waals surface area (Å²) in [6.07, 6.45) is -0.479. The molecule has 6 nitrogen and oxygen atoms in total. The molecule has 0 spiro atoms. The number of halogens is 1. The maximum Gasteiger partial charge on any atom is 0.227 e. The van der Waals surface area contributed by atoms with Gasteiger partial charge in [0.1, 0.15) is 0 Å². The minimum absolute atomic E-state index is 0.115. The summed E-state index contributed by atoms with van der Waals surface area (Å²) in [7, 11) is 0. The van der Waals surface area contributed by atoms with Gasteiger partial charge in [0.25, 0.3) is 0 Å². The first-order chi connectivity index (χ1) is 6.61. The minimum Gasteiger partial charge on any atom is -0.392 e. The average molecular weight is 218 g/mol. The van der Waals surface area contributed by atoms with Gasteiger partial charge in [-0.25, -0.2) is 0 Å². The van der Waals surface area contributed by atoms with Crippen molar-refractivity contribution in [1.82, 2.24) is 15.0 Å². The first-order valence-corrected chi connectivity index (χ1v) is 4.63. The minimum atomic E-state index is -0.479. The SMILES string of the molecule is CC(O)CNc1nc(N)nc(CCl)n1. The zero-order valence-corrected chi connectivity index (χ0v) is 8.49.